The summed E-state index contributed by atoms with van der Waals surface area (Å²) in [6.45, 7) is 3.20. The quantitative estimate of drug-likeness (QED) is 0.849. The van der Waals surface area contributed by atoms with E-state index < -0.39 is 23.3 Å². The summed E-state index contributed by atoms with van der Waals surface area (Å²) in [5.74, 6) is -3.80. The van der Waals surface area contributed by atoms with Crippen molar-refractivity contribution in [3.8, 4) is 5.75 Å². The van der Waals surface area contributed by atoms with Gasteiger partial charge in [0.2, 0.25) is 0 Å². The van der Waals surface area contributed by atoms with E-state index in [0.29, 0.717) is 26.2 Å². The van der Waals surface area contributed by atoms with Crippen LogP contribution < -0.4 is 0 Å². The van der Waals surface area contributed by atoms with Crippen molar-refractivity contribution in [2.24, 2.45) is 0 Å². The molecular formula is C13H15F2NO3. The van der Waals surface area contributed by atoms with E-state index in [4.69, 9.17) is 9.84 Å². The number of halogens is 2. The Kier molecular flexibility index (Phi) is 3.99. The van der Waals surface area contributed by atoms with Gasteiger partial charge in [-0.3, -0.25) is 4.79 Å². The average Bonchev–Trinajstić information content (AvgIpc) is 2.59. The van der Waals surface area contributed by atoms with Crippen molar-refractivity contribution in [2.75, 3.05) is 19.8 Å². The summed E-state index contributed by atoms with van der Waals surface area (Å²) in [6.07, 6.45) is 0.675. The Morgan fingerprint density at radius 3 is 2.63 bits per heavy atom. The number of phenolic OH excluding ortho intramolecular Hbond substituents is 1. The summed E-state index contributed by atoms with van der Waals surface area (Å²) >= 11 is 0. The zero-order valence-electron chi connectivity index (χ0n) is 10.5. The molecule has 1 saturated heterocycles. The van der Waals surface area contributed by atoms with E-state index >= 15 is 0 Å². The lowest BCUT2D eigenvalue weighted by molar-refractivity contribution is 0.0686. The molecule has 0 aromatic heterocycles. The molecule has 0 spiro atoms. The summed E-state index contributed by atoms with van der Waals surface area (Å²) in [7, 11) is 0. The first-order valence-electron chi connectivity index (χ1n) is 6.07. The van der Waals surface area contributed by atoms with Gasteiger partial charge in [0.1, 0.15) is 0 Å². The van der Waals surface area contributed by atoms with Crippen molar-refractivity contribution in [1.82, 2.24) is 4.90 Å². The lowest BCUT2D eigenvalue weighted by atomic mass is 10.1. The van der Waals surface area contributed by atoms with Crippen LogP contribution in [-0.2, 0) is 4.74 Å². The first kappa shape index (κ1) is 13.7. The summed E-state index contributed by atoms with van der Waals surface area (Å²) in [5, 5.41) is 9.02. The third-order valence-electron chi connectivity index (χ3n) is 3.21. The number of phenols is 1. The van der Waals surface area contributed by atoms with Crippen LogP contribution in [-0.4, -0.2) is 41.7 Å². The lowest BCUT2D eigenvalue weighted by Gasteiger charge is -2.26. The van der Waals surface area contributed by atoms with Crippen LogP contribution in [0.2, 0.25) is 0 Å². The van der Waals surface area contributed by atoms with Gasteiger partial charge in [-0.1, -0.05) is 0 Å². The van der Waals surface area contributed by atoms with Gasteiger partial charge in [-0.05, 0) is 25.5 Å². The van der Waals surface area contributed by atoms with Crippen molar-refractivity contribution in [1.29, 1.82) is 0 Å². The average molecular weight is 271 g/mol. The van der Waals surface area contributed by atoms with Gasteiger partial charge in [-0.15, -0.1) is 0 Å². The van der Waals surface area contributed by atoms with Crippen molar-refractivity contribution < 1.29 is 23.4 Å². The van der Waals surface area contributed by atoms with Crippen LogP contribution in [0.15, 0.2) is 12.1 Å². The summed E-state index contributed by atoms with van der Waals surface area (Å²) in [5.41, 5.74) is -0.110. The van der Waals surface area contributed by atoms with Crippen molar-refractivity contribution >= 4 is 5.91 Å². The standard InChI is InChI=1S/C13H15F2NO3/c1-8-2-4-19-5-3-16(8)13(18)9-6-10(14)12(17)11(15)7-9/h6-8,17H,2-5H2,1H3/t8-/m0/s1. The lowest BCUT2D eigenvalue weighted by Crippen LogP contribution is -2.39. The fourth-order valence-corrected chi connectivity index (χ4v) is 2.05. The Morgan fingerprint density at radius 1 is 1.37 bits per heavy atom. The Balaban J connectivity index is 2.27. The second-order valence-corrected chi connectivity index (χ2v) is 4.54. The minimum atomic E-state index is -1.14. The third-order valence-corrected chi connectivity index (χ3v) is 3.21. The molecule has 1 N–H and O–H groups in total. The minimum absolute atomic E-state index is 0.0603. The van der Waals surface area contributed by atoms with E-state index in [-0.39, 0.29) is 11.6 Å². The van der Waals surface area contributed by atoms with E-state index in [2.05, 4.69) is 0 Å². The molecule has 0 radical (unpaired) electrons. The van der Waals surface area contributed by atoms with E-state index in [1.165, 1.54) is 4.90 Å². The highest BCUT2D eigenvalue weighted by Gasteiger charge is 2.25. The second kappa shape index (κ2) is 5.52. The predicted octanol–water partition coefficient (Wildman–Crippen LogP) is 1.92. The normalized spacial score (nSPS) is 20.2. The van der Waals surface area contributed by atoms with Gasteiger partial charge in [-0.25, -0.2) is 8.78 Å². The van der Waals surface area contributed by atoms with Gasteiger partial charge in [0.25, 0.3) is 5.91 Å². The highest BCUT2D eigenvalue weighted by atomic mass is 19.1. The molecule has 2 rings (SSSR count). The Labute approximate surface area is 109 Å². The molecule has 0 saturated carbocycles. The number of amides is 1. The van der Waals surface area contributed by atoms with Crippen LogP contribution in [0.3, 0.4) is 0 Å². The molecule has 6 heteroatoms. The van der Waals surface area contributed by atoms with Gasteiger partial charge >= 0.3 is 0 Å². The van der Waals surface area contributed by atoms with Crippen LogP contribution in [0.25, 0.3) is 0 Å². The number of rotatable bonds is 1. The van der Waals surface area contributed by atoms with E-state index in [1.807, 2.05) is 6.92 Å². The van der Waals surface area contributed by atoms with E-state index in [1.54, 1.807) is 0 Å². The first-order valence-corrected chi connectivity index (χ1v) is 6.07. The largest absolute Gasteiger partial charge is 0.503 e. The summed E-state index contributed by atoms with van der Waals surface area (Å²) in [4.78, 5) is 13.8. The molecule has 1 heterocycles. The Morgan fingerprint density at radius 2 is 2.00 bits per heavy atom. The van der Waals surface area contributed by atoms with Crippen LogP contribution in [0.4, 0.5) is 8.78 Å². The number of ether oxygens (including phenoxy) is 1. The van der Waals surface area contributed by atoms with Crippen molar-refractivity contribution in [2.45, 2.75) is 19.4 Å². The third kappa shape index (κ3) is 2.84. The molecule has 1 aromatic rings. The van der Waals surface area contributed by atoms with Crippen molar-refractivity contribution in [3.63, 3.8) is 0 Å². The van der Waals surface area contributed by atoms with Gasteiger partial charge < -0.3 is 14.7 Å². The molecule has 4 nitrogen and oxygen atoms in total. The SMILES string of the molecule is C[C@H]1CCOCCN1C(=O)c1cc(F)c(O)c(F)c1. The maximum Gasteiger partial charge on any atom is 0.254 e. The van der Waals surface area contributed by atoms with Crippen LogP contribution >= 0.6 is 0 Å². The monoisotopic (exact) mass is 271 g/mol. The van der Waals surface area contributed by atoms with E-state index in [0.717, 1.165) is 12.1 Å². The molecule has 1 fully saturated rings. The molecule has 1 aromatic carbocycles. The predicted molar refractivity (Wildman–Crippen MR) is 64.0 cm³/mol. The maximum absolute atomic E-state index is 13.3. The molecule has 0 unspecified atom stereocenters. The Bertz CT molecular complexity index is 470. The number of carbonyl (C=O) groups is 1. The minimum Gasteiger partial charge on any atom is -0.503 e. The van der Waals surface area contributed by atoms with Crippen LogP contribution in [0.1, 0.15) is 23.7 Å². The molecule has 1 aliphatic rings. The number of carbonyl (C=O) groups excluding carboxylic acids is 1. The zero-order valence-corrected chi connectivity index (χ0v) is 10.5. The Hall–Kier alpha value is -1.69. The zero-order chi connectivity index (χ0) is 14.0. The molecule has 1 amide bonds. The van der Waals surface area contributed by atoms with Gasteiger partial charge in [0.05, 0.1) is 6.61 Å². The summed E-state index contributed by atoms with van der Waals surface area (Å²) < 4.78 is 31.8. The number of nitrogens with zero attached hydrogens (tertiary/aromatic N) is 1. The highest BCUT2D eigenvalue weighted by Crippen LogP contribution is 2.23. The fraction of sp³-hybridized carbons (Fsp3) is 0.462. The number of benzene rings is 1. The molecule has 1 atom stereocenters. The van der Waals surface area contributed by atoms with Gasteiger partial charge in [-0.2, -0.15) is 0 Å². The topological polar surface area (TPSA) is 49.8 Å². The smallest absolute Gasteiger partial charge is 0.254 e. The van der Waals surface area contributed by atoms with Gasteiger partial charge in [0.15, 0.2) is 17.4 Å². The highest BCUT2D eigenvalue weighted by molar-refractivity contribution is 5.94. The van der Waals surface area contributed by atoms with Crippen LogP contribution in [0, 0.1) is 11.6 Å². The van der Waals surface area contributed by atoms with Crippen molar-refractivity contribution in [3.05, 3.63) is 29.3 Å². The maximum atomic E-state index is 13.3. The second-order valence-electron chi connectivity index (χ2n) is 4.54. The van der Waals surface area contributed by atoms with E-state index in [9.17, 15) is 13.6 Å². The number of aromatic hydroxyl groups is 1. The molecule has 1 aliphatic heterocycles. The first-order chi connectivity index (χ1) is 9.00. The van der Waals surface area contributed by atoms with Crippen LogP contribution in [0.5, 0.6) is 5.75 Å². The molecule has 19 heavy (non-hydrogen) atoms. The van der Waals surface area contributed by atoms with Gasteiger partial charge in [0, 0.05) is 24.8 Å². The molecular weight excluding hydrogens is 256 g/mol. The molecule has 0 bridgehead atoms. The number of hydrogen-bond donors (Lipinski definition) is 1. The molecule has 0 aliphatic carbocycles. The fourth-order valence-electron chi connectivity index (χ4n) is 2.05. The number of hydrogen-bond acceptors (Lipinski definition) is 3. The molecule has 104 valence electrons. The summed E-state index contributed by atoms with van der Waals surface area (Å²) in [6, 6.07) is 1.63.